The molecule has 0 aromatic carbocycles. The predicted molar refractivity (Wildman–Crippen MR) is 39.4 cm³/mol. The number of nitriles is 1. The molecule has 0 aliphatic carbocycles. The van der Waals surface area contributed by atoms with Gasteiger partial charge in [0.25, 0.3) is 0 Å². The zero-order chi connectivity index (χ0) is 7.98. The highest BCUT2D eigenvalue weighted by Crippen LogP contribution is 1.95. The van der Waals surface area contributed by atoms with E-state index in [0.29, 0.717) is 5.69 Å². The summed E-state index contributed by atoms with van der Waals surface area (Å²) in [4.78, 5) is 6.50. The Morgan fingerprint density at radius 1 is 1.60 bits per heavy atom. The summed E-state index contributed by atoms with van der Waals surface area (Å²) in [5.41, 5.74) is 1.30. The van der Waals surface area contributed by atoms with Crippen LogP contribution in [0.3, 0.4) is 0 Å². The van der Waals surface area contributed by atoms with Gasteiger partial charge in [-0.15, -0.1) is 0 Å². The van der Waals surface area contributed by atoms with Crippen molar-refractivity contribution >= 4 is 0 Å². The summed E-state index contributed by atoms with van der Waals surface area (Å²) in [5, 5.41) is 8.27. The quantitative estimate of drug-likeness (QED) is 0.590. The zero-order valence-corrected chi connectivity index (χ0v) is 6.47. The topological polar surface area (TPSA) is 52.5 Å². The molecule has 0 unspecified atom stereocenters. The van der Waals surface area contributed by atoms with Crippen LogP contribution in [0.25, 0.3) is 0 Å². The van der Waals surface area contributed by atoms with Gasteiger partial charge in [0.15, 0.2) is 5.69 Å². The van der Waals surface area contributed by atoms with Gasteiger partial charge < -0.3 is 4.98 Å². The molecule has 54 valence electrons. The van der Waals surface area contributed by atoms with Gasteiger partial charge in [-0.1, -0.05) is 13.8 Å². The molecule has 0 radical (unpaired) electrons. The Bertz CT molecular complexity index is 219. The molecular weight excluding hydrogens is 126 g/mol. The lowest BCUT2D eigenvalue weighted by Crippen LogP contribution is -1.74. The highest BCUT2D eigenvalue weighted by Gasteiger charge is 1.94. The monoisotopic (exact) mass is 137 g/mol. The van der Waals surface area contributed by atoms with E-state index in [2.05, 4.69) is 9.97 Å². The third kappa shape index (κ3) is 1.90. The van der Waals surface area contributed by atoms with Gasteiger partial charge in [0.05, 0.1) is 6.33 Å². The molecular formula is C7H11N3. The maximum atomic E-state index is 8.27. The van der Waals surface area contributed by atoms with Gasteiger partial charge in [0.1, 0.15) is 6.07 Å². The van der Waals surface area contributed by atoms with E-state index in [9.17, 15) is 0 Å². The lowest BCUT2D eigenvalue weighted by molar-refractivity contribution is 1.25. The Hall–Kier alpha value is -1.30. The fourth-order valence-electron chi connectivity index (χ4n) is 0.472. The Morgan fingerprint density at radius 3 is 2.40 bits per heavy atom. The van der Waals surface area contributed by atoms with Gasteiger partial charge in [0, 0.05) is 5.69 Å². The van der Waals surface area contributed by atoms with Gasteiger partial charge >= 0.3 is 0 Å². The number of aryl methyl sites for hydroxylation is 1. The average molecular weight is 137 g/mol. The van der Waals surface area contributed by atoms with Crippen molar-refractivity contribution in [3.8, 4) is 6.07 Å². The van der Waals surface area contributed by atoms with Crippen LogP contribution < -0.4 is 0 Å². The molecule has 1 N–H and O–H groups in total. The largest absolute Gasteiger partial charge is 0.348 e. The first-order valence-electron chi connectivity index (χ1n) is 3.24. The van der Waals surface area contributed by atoms with Crippen LogP contribution in [0.15, 0.2) is 6.33 Å². The number of H-pyrrole nitrogens is 1. The molecule has 1 heterocycles. The first kappa shape index (κ1) is 8.70. The van der Waals surface area contributed by atoms with Crippen LogP contribution >= 0.6 is 0 Å². The fourth-order valence-corrected chi connectivity index (χ4v) is 0.472. The van der Waals surface area contributed by atoms with Crippen molar-refractivity contribution in [3.05, 3.63) is 17.7 Å². The molecule has 1 aromatic heterocycles. The summed E-state index contributed by atoms with van der Waals surface area (Å²) in [6, 6.07) is 1.93. The van der Waals surface area contributed by atoms with Gasteiger partial charge in [-0.3, -0.25) is 0 Å². The molecule has 0 bridgehead atoms. The fraction of sp³-hybridized carbons (Fsp3) is 0.429. The van der Waals surface area contributed by atoms with Gasteiger partial charge in [-0.05, 0) is 6.92 Å². The molecule has 0 saturated carbocycles. The summed E-state index contributed by atoms with van der Waals surface area (Å²) in [5.74, 6) is 0. The van der Waals surface area contributed by atoms with E-state index >= 15 is 0 Å². The summed E-state index contributed by atoms with van der Waals surface area (Å²) in [6.07, 6.45) is 1.51. The number of nitrogens with one attached hydrogen (secondary N) is 1. The summed E-state index contributed by atoms with van der Waals surface area (Å²) < 4.78 is 0. The smallest absolute Gasteiger partial charge is 0.161 e. The second-order valence-electron chi connectivity index (χ2n) is 1.49. The van der Waals surface area contributed by atoms with Crippen LogP contribution in [-0.4, -0.2) is 9.97 Å². The first-order valence-corrected chi connectivity index (χ1v) is 3.24. The Labute approximate surface area is 60.7 Å². The molecule has 0 aliphatic heterocycles. The minimum atomic E-state index is 0.477. The van der Waals surface area contributed by atoms with Crippen molar-refractivity contribution in [2.45, 2.75) is 20.8 Å². The second-order valence-corrected chi connectivity index (χ2v) is 1.49. The number of aromatic amines is 1. The van der Waals surface area contributed by atoms with Gasteiger partial charge in [-0.2, -0.15) is 5.26 Å². The van der Waals surface area contributed by atoms with E-state index in [1.807, 2.05) is 26.8 Å². The molecule has 0 fully saturated rings. The molecule has 1 aromatic rings. The third-order valence-corrected chi connectivity index (χ3v) is 0.936. The van der Waals surface area contributed by atoms with Crippen molar-refractivity contribution in [3.63, 3.8) is 0 Å². The normalized spacial score (nSPS) is 7.40. The van der Waals surface area contributed by atoms with Gasteiger partial charge in [0.2, 0.25) is 0 Å². The lowest BCUT2D eigenvalue weighted by atomic mass is 10.4. The van der Waals surface area contributed by atoms with Crippen molar-refractivity contribution in [2.75, 3.05) is 0 Å². The maximum absolute atomic E-state index is 8.27. The van der Waals surface area contributed by atoms with Crippen LogP contribution in [0.4, 0.5) is 0 Å². The summed E-state index contributed by atoms with van der Waals surface area (Å²) in [7, 11) is 0. The molecule has 0 atom stereocenters. The van der Waals surface area contributed by atoms with E-state index in [4.69, 9.17) is 5.26 Å². The molecule has 3 heteroatoms. The SMILES string of the molecule is CC.Cc1[nH]cnc1C#N. The number of imidazole rings is 1. The minimum absolute atomic E-state index is 0.477. The van der Waals surface area contributed by atoms with Crippen molar-refractivity contribution in [1.82, 2.24) is 9.97 Å². The summed E-state index contributed by atoms with van der Waals surface area (Å²) in [6.45, 7) is 5.81. The average Bonchev–Trinajstić information content (AvgIpc) is 2.39. The molecule has 0 saturated heterocycles. The number of nitrogens with zero attached hydrogens (tertiary/aromatic N) is 2. The maximum Gasteiger partial charge on any atom is 0.161 e. The van der Waals surface area contributed by atoms with E-state index in [1.54, 1.807) is 0 Å². The molecule has 0 spiro atoms. The Morgan fingerprint density at radius 2 is 2.20 bits per heavy atom. The number of hydrogen-bond donors (Lipinski definition) is 1. The molecule has 10 heavy (non-hydrogen) atoms. The van der Waals surface area contributed by atoms with Crippen molar-refractivity contribution in [1.29, 1.82) is 5.26 Å². The second kappa shape index (κ2) is 4.57. The minimum Gasteiger partial charge on any atom is -0.348 e. The van der Waals surface area contributed by atoms with E-state index < -0.39 is 0 Å². The van der Waals surface area contributed by atoms with Crippen molar-refractivity contribution in [2.24, 2.45) is 0 Å². The van der Waals surface area contributed by atoms with Crippen molar-refractivity contribution < 1.29 is 0 Å². The van der Waals surface area contributed by atoms with Crippen LogP contribution in [0, 0.1) is 18.3 Å². The molecule has 1 rings (SSSR count). The molecule has 0 amide bonds. The van der Waals surface area contributed by atoms with Crippen LogP contribution in [-0.2, 0) is 0 Å². The predicted octanol–water partition coefficient (Wildman–Crippen LogP) is 1.62. The van der Waals surface area contributed by atoms with Gasteiger partial charge in [-0.25, -0.2) is 4.98 Å². The molecule has 3 nitrogen and oxygen atoms in total. The first-order chi connectivity index (χ1) is 4.84. The lowest BCUT2D eigenvalue weighted by Gasteiger charge is -1.76. The Kier molecular flexibility index (Phi) is 3.97. The summed E-state index contributed by atoms with van der Waals surface area (Å²) >= 11 is 0. The molecule has 0 aliphatic rings. The highest BCUT2D eigenvalue weighted by atomic mass is 14.9. The third-order valence-electron chi connectivity index (χ3n) is 0.936. The number of rotatable bonds is 0. The van der Waals surface area contributed by atoms with Crippen LogP contribution in [0.1, 0.15) is 25.2 Å². The zero-order valence-electron chi connectivity index (χ0n) is 6.47. The standard InChI is InChI=1S/C5H5N3.C2H6/c1-4-5(2-6)8-3-7-4;1-2/h3H,1H3,(H,7,8);1-2H3. The Balaban J connectivity index is 0.000000371. The van der Waals surface area contributed by atoms with E-state index in [-0.39, 0.29) is 0 Å². The highest BCUT2D eigenvalue weighted by molar-refractivity contribution is 5.23. The number of aromatic nitrogens is 2. The van der Waals surface area contributed by atoms with E-state index in [1.165, 1.54) is 6.33 Å². The van der Waals surface area contributed by atoms with Crippen LogP contribution in [0.5, 0.6) is 0 Å². The van der Waals surface area contributed by atoms with E-state index in [0.717, 1.165) is 5.69 Å². The van der Waals surface area contributed by atoms with Crippen LogP contribution in [0.2, 0.25) is 0 Å². The number of hydrogen-bond acceptors (Lipinski definition) is 2.